The highest BCUT2D eigenvalue weighted by atomic mass is 14.9. The highest BCUT2D eigenvalue weighted by molar-refractivity contribution is 5.39. The van der Waals surface area contributed by atoms with E-state index in [9.17, 15) is 0 Å². The molecule has 1 nitrogen and oxygen atoms in total. The Morgan fingerprint density at radius 1 is 0.667 bits per heavy atom. The second-order valence-corrected chi connectivity index (χ2v) is 4.98. The minimum atomic E-state index is 0.171. The molecule has 3 rings (SSSR count). The molecule has 0 spiro atoms. The van der Waals surface area contributed by atoms with Gasteiger partial charge in [0.15, 0.2) is 0 Å². The second-order valence-electron chi connectivity index (χ2n) is 4.98. The predicted molar refractivity (Wildman–Crippen MR) is 74.8 cm³/mol. The van der Waals surface area contributed by atoms with Crippen molar-refractivity contribution >= 4 is 0 Å². The normalized spacial score (nSPS) is 18.4. The van der Waals surface area contributed by atoms with Crippen LogP contribution in [0, 0.1) is 0 Å². The Morgan fingerprint density at radius 2 is 1.11 bits per heavy atom. The van der Waals surface area contributed by atoms with Gasteiger partial charge in [0.2, 0.25) is 0 Å². The molecule has 2 aromatic rings. The molecule has 1 heteroatoms. The lowest BCUT2D eigenvalue weighted by Crippen LogP contribution is -2.37. The van der Waals surface area contributed by atoms with Crippen molar-refractivity contribution in [3.05, 3.63) is 71.8 Å². The van der Waals surface area contributed by atoms with E-state index < -0.39 is 0 Å². The van der Waals surface area contributed by atoms with Crippen molar-refractivity contribution in [2.45, 2.75) is 18.3 Å². The van der Waals surface area contributed by atoms with Gasteiger partial charge < -0.3 is 0 Å². The molecular weight excluding hydrogens is 218 g/mol. The third kappa shape index (κ3) is 1.95. The monoisotopic (exact) mass is 236 g/mol. The topological polar surface area (TPSA) is 14.1 Å². The van der Waals surface area contributed by atoms with Crippen LogP contribution in [0.1, 0.15) is 24.0 Å². The van der Waals surface area contributed by atoms with Gasteiger partial charge in [-0.1, -0.05) is 60.7 Å². The van der Waals surface area contributed by atoms with Gasteiger partial charge in [-0.25, -0.2) is 5.32 Å². The maximum atomic E-state index is 4.52. The van der Waals surface area contributed by atoms with Crippen molar-refractivity contribution in [1.29, 1.82) is 0 Å². The summed E-state index contributed by atoms with van der Waals surface area (Å²) in [7, 11) is 0. The number of hydrogen-bond acceptors (Lipinski definition) is 0. The maximum absolute atomic E-state index is 4.52. The molecule has 18 heavy (non-hydrogen) atoms. The number of rotatable bonds is 2. The van der Waals surface area contributed by atoms with Crippen LogP contribution in [-0.2, 0) is 5.41 Å². The summed E-state index contributed by atoms with van der Waals surface area (Å²) in [5.74, 6) is 0. The zero-order valence-corrected chi connectivity index (χ0v) is 10.5. The number of nitrogens with zero attached hydrogens (tertiary/aromatic N) is 1. The molecule has 0 saturated carbocycles. The molecule has 1 aliphatic rings. The van der Waals surface area contributed by atoms with E-state index in [4.69, 9.17) is 0 Å². The fourth-order valence-electron chi connectivity index (χ4n) is 3.04. The molecular formula is C17H18N. The Bertz CT molecular complexity index is 442. The van der Waals surface area contributed by atoms with Crippen molar-refractivity contribution in [2.24, 2.45) is 0 Å². The number of hydrogen-bond donors (Lipinski definition) is 0. The minimum absolute atomic E-state index is 0.171. The van der Waals surface area contributed by atoms with Gasteiger partial charge >= 0.3 is 0 Å². The van der Waals surface area contributed by atoms with Gasteiger partial charge in [0.1, 0.15) is 0 Å². The fourth-order valence-corrected chi connectivity index (χ4v) is 3.04. The van der Waals surface area contributed by atoms with Crippen LogP contribution < -0.4 is 5.32 Å². The van der Waals surface area contributed by atoms with Crippen molar-refractivity contribution in [3.8, 4) is 0 Å². The third-order valence-electron chi connectivity index (χ3n) is 4.05. The SMILES string of the molecule is c1ccc(C2(c3ccccc3)CC[N]CC2)cc1. The van der Waals surface area contributed by atoms with E-state index in [-0.39, 0.29) is 5.41 Å². The second kappa shape index (κ2) is 4.95. The van der Waals surface area contributed by atoms with E-state index >= 15 is 0 Å². The van der Waals surface area contributed by atoms with Crippen LogP contribution in [0.2, 0.25) is 0 Å². The lowest BCUT2D eigenvalue weighted by Gasteiger charge is -2.38. The fraction of sp³-hybridized carbons (Fsp3) is 0.294. The molecule has 1 radical (unpaired) electrons. The molecule has 1 aliphatic heterocycles. The minimum Gasteiger partial charge on any atom is -0.242 e. The van der Waals surface area contributed by atoms with Gasteiger partial charge in [0.05, 0.1) is 0 Å². The highest BCUT2D eigenvalue weighted by Crippen LogP contribution is 2.40. The summed E-state index contributed by atoms with van der Waals surface area (Å²) in [5, 5.41) is 4.52. The average molecular weight is 236 g/mol. The molecule has 0 aromatic heterocycles. The summed E-state index contributed by atoms with van der Waals surface area (Å²) in [4.78, 5) is 0. The molecule has 2 aromatic carbocycles. The van der Waals surface area contributed by atoms with Crippen LogP contribution in [-0.4, -0.2) is 13.1 Å². The van der Waals surface area contributed by atoms with Gasteiger partial charge in [0, 0.05) is 18.5 Å². The van der Waals surface area contributed by atoms with E-state index in [0.717, 1.165) is 25.9 Å². The smallest absolute Gasteiger partial charge is 0.0228 e. The zero-order chi connectivity index (χ0) is 12.3. The van der Waals surface area contributed by atoms with Gasteiger partial charge in [-0.2, -0.15) is 0 Å². The quantitative estimate of drug-likeness (QED) is 0.759. The van der Waals surface area contributed by atoms with Gasteiger partial charge in [0.25, 0.3) is 0 Å². The lowest BCUT2D eigenvalue weighted by atomic mass is 9.68. The van der Waals surface area contributed by atoms with E-state index in [1.165, 1.54) is 11.1 Å². The van der Waals surface area contributed by atoms with Crippen LogP contribution in [0.5, 0.6) is 0 Å². The van der Waals surface area contributed by atoms with E-state index in [1.807, 2.05) is 0 Å². The summed E-state index contributed by atoms with van der Waals surface area (Å²) in [6.45, 7) is 1.95. The lowest BCUT2D eigenvalue weighted by molar-refractivity contribution is 0.357. The Kier molecular flexibility index (Phi) is 3.16. The number of benzene rings is 2. The van der Waals surface area contributed by atoms with Gasteiger partial charge in [-0.05, 0) is 24.0 Å². The van der Waals surface area contributed by atoms with E-state index in [2.05, 4.69) is 66.0 Å². The predicted octanol–water partition coefficient (Wildman–Crippen LogP) is 3.37. The first kappa shape index (κ1) is 11.5. The van der Waals surface area contributed by atoms with E-state index in [0.29, 0.717) is 0 Å². The van der Waals surface area contributed by atoms with Crippen molar-refractivity contribution in [3.63, 3.8) is 0 Å². The molecule has 0 N–H and O–H groups in total. The largest absolute Gasteiger partial charge is 0.242 e. The third-order valence-corrected chi connectivity index (χ3v) is 4.05. The van der Waals surface area contributed by atoms with Crippen LogP contribution in [0.15, 0.2) is 60.7 Å². The summed E-state index contributed by atoms with van der Waals surface area (Å²) in [5.41, 5.74) is 3.04. The molecule has 0 bridgehead atoms. The Morgan fingerprint density at radius 3 is 1.56 bits per heavy atom. The molecule has 1 fully saturated rings. The summed E-state index contributed by atoms with van der Waals surface area (Å²) in [6.07, 6.45) is 2.25. The molecule has 0 aliphatic carbocycles. The van der Waals surface area contributed by atoms with Gasteiger partial charge in [-0.15, -0.1) is 0 Å². The summed E-state index contributed by atoms with van der Waals surface area (Å²) in [6, 6.07) is 21.8. The van der Waals surface area contributed by atoms with Crippen molar-refractivity contribution in [2.75, 3.05) is 13.1 Å². The first-order valence-corrected chi connectivity index (χ1v) is 6.66. The van der Waals surface area contributed by atoms with Crippen LogP contribution in [0.3, 0.4) is 0 Å². The first-order valence-electron chi connectivity index (χ1n) is 6.66. The summed E-state index contributed by atoms with van der Waals surface area (Å²) >= 11 is 0. The molecule has 1 heterocycles. The average Bonchev–Trinajstić information content (AvgIpc) is 2.50. The standard InChI is InChI=1S/C17H18N/c1-3-7-15(8-4-1)17(11-13-18-14-12-17)16-9-5-2-6-10-16/h1-10H,11-14H2. The first-order chi connectivity index (χ1) is 8.92. The maximum Gasteiger partial charge on any atom is 0.0228 e. The Hall–Kier alpha value is -1.60. The highest BCUT2D eigenvalue weighted by Gasteiger charge is 2.35. The molecule has 0 unspecified atom stereocenters. The van der Waals surface area contributed by atoms with Crippen LogP contribution >= 0.6 is 0 Å². The van der Waals surface area contributed by atoms with Crippen LogP contribution in [0.4, 0.5) is 0 Å². The molecule has 0 atom stereocenters. The molecule has 91 valence electrons. The van der Waals surface area contributed by atoms with Gasteiger partial charge in [-0.3, -0.25) is 0 Å². The van der Waals surface area contributed by atoms with E-state index in [1.54, 1.807) is 0 Å². The zero-order valence-electron chi connectivity index (χ0n) is 10.5. The molecule has 1 saturated heterocycles. The van der Waals surface area contributed by atoms with Crippen LogP contribution in [0.25, 0.3) is 0 Å². The number of piperidine rings is 1. The Balaban J connectivity index is 2.10. The van der Waals surface area contributed by atoms with Crippen molar-refractivity contribution in [1.82, 2.24) is 5.32 Å². The summed E-state index contributed by atoms with van der Waals surface area (Å²) < 4.78 is 0. The molecule has 0 amide bonds. The van der Waals surface area contributed by atoms with Crippen molar-refractivity contribution < 1.29 is 0 Å². The Labute approximate surface area is 109 Å².